The second-order valence-corrected chi connectivity index (χ2v) is 7.47. The smallest absolute Gasteiger partial charge is 0.340 e. The summed E-state index contributed by atoms with van der Waals surface area (Å²) in [5.74, 6) is -0.115. The quantitative estimate of drug-likeness (QED) is 0.702. The molecule has 6 nitrogen and oxygen atoms in total. The fourth-order valence-electron chi connectivity index (χ4n) is 4.06. The molecule has 1 saturated heterocycles. The topological polar surface area (TPSA) is 83.9 Å². The van der Waals surface area contributed by atoms with Crippen LogP contribution >= 0.6 is 0 Å². The number of likely N-dealkylation sites (tertiary alicyclic amines) is 1. The number of hydrogen-bond donors (Lipinski definition) is 1. The second kappa shape index (κ2) is 6.53. The molecule has 6 heteroatoms. The van der Waals surface area contributed by atoms with Crippen molar-refractivity contribution in [2.75, 3.05) is 13.1 Å². The molecule has 0 aliphatic carbocycles. The second-order valence-electron chi connectivity index (χ2n) is 7.47. The van der Waals surface area contributed by atoms with Gasteiger partial charge < -0.3 is 18.8 Å². The minimum absolute atomic E-state index is 0.00470. The predicted octanol–water partition coefficient (Wildman–Crippen LogP) is 2.99. The first-order valence-electron chi connectivity index (χ1n) is 9.26. The van der Waals surface area contributed by atoms with Crippen LogP contribution in [0.2, 0.25) is 0 Å². The van der Waals surface area contributed by atoms with Crippen molar-refractivity contribution in [1.29, 1.82) is 0 Å². The standard InChI is InChI=1S/C21H23NO5/c1-11-8-16-19(20-18(11)12(2)10-26-20)13(3)15(21(25)27-16)9-17(24)22-6-4-14(23)5-7-22/h8,10,14,23H,4-7,9H2,1-3H3. The summed E-state index contributed by atoms with van der Waals surface area (Å²) in [6, 6.07) is 1.85. The number of fused-ring (bicyclic) bond motifs is 3. The average molecular weight is 369 g/mol. The first-order chi connectivity index (χ1) is 12.9. The Hall–Kier alpha value is -2.60. The summed E-state index contributed by atoms with van der Waals surface area (Å²) in [4.78, 5) is 27.0. The highest BCUT2D eigenvalue weighted by Crippen LogP contribution is 2.34. The van der Waals surface area contributed by atoms with Crippen molar-refractivity contribution in [3.63, 3.8) is 0 Å². The molecule has 27 heavy (non-hydrogen) atoms. The van der Waals surface area contributed by atoms with Crippen LogP contribution in [0.4, 0.5) is 0 Å². The van der Waals surface area contributed by atoms with Gasteiger partial charge in [0.1, 0.15) is 11.2 Å². The van der Waals surface area contributed by atoms with Crippen molar-refractivity contribution in [1.82, 2.24) is 4.90 Å². The van der Waals surface area contributed by atoms with Crippen LogP contribution < -0.4 is 5.63 Å². The van der Waals surface area contributed by atoms with E-state index < -0.39 is 5.63 Å². The van der Waals surface area contributed by atoms with E-state index >= 15 is 0 Å². The van der Waals surface area contributed by atoms with Gasteiger partial charge >= 0.3 is 5.63 Å². The highest BCUT2D eigenvalue weighted by atomic mass is 16.4. The zero-order valence-electron chi connectivity index (χ0n) is 15.8. The molecule has 0 bridgehead atoms. The molecule has 0 spiro atoms. The molecule has 3 aromatic rings. The van der Waals surface area contributed by atoms with Gasteiger partial charge in [-0.3, -0.25) is 4.79 Å². The van der Waals surface area contributed by atoms with E-state index in [0.29, 0.717) is 42.7 Å². The third-order valence-electron chi connectivity index (χ3n) is 5.61. The molecule has 1 N–H and O–H groups in total. The maximum absolute atomic E-state index is 12.7. The van der Waals surface area contributed by atoms with Gasteiger partial charge in [0.25, 0.3) is 0 Å². The summed E-state index contributed by atoms with van der Waals surface area (Å²) >= 11 is 0. The van der Waals surface area contributed by atoms with Crippen molar-refractivity contribution in [3.8, 4) is 0 Å². The fraction of sp³-hybridized carbons (Fsp3) is 0.429. The van der Waals surface area contributed by atoms with E-state index in [-0.39, 0.29) is 18.4 Å². The minimum Gasteiger partial charge on any atom is -0.463 e. The van der Waals surface area contributed by atoms with Crippen LogP contribution in [0.15, 0.2) is 26.0 Å². The normalized spacial score (nSPS) is 15.8. The van der Waals surface area contributed by atoms with Gasteiger partial charge in [0, 0.05) is 18.5 Å². The lowest BCUT2D eigenvalue weighted by Crippen LogP contribution is -2.41. The number of nitrogens with zero attached hydrogens (tertiary/aromatic N) is 1. The number of piperidine rings is 1. The third-order valence-corrected chi connectivity index (χ3v) is 5.61. The largest absolute Gasteiger partial charge is 0.463 e. The van der Waals surface area contributed by atoms with Gasteiger partial charge in [-0.2, -0.15) is 0 Å². The number of aryl methyl sites for hydroxylation is 3. The molecule has 1 aromatic carbocycles. The van der Waals surface area contributed by atoms with Crippen molar-refractivity contribution < 1.29 is 18.7 Å². The molecular formula is C21H23NO5. The van der Waals surface area contributed by atoms with Crippen LogP contribution in [0.25, 0.3) is 21.9 Å². The van der Waals surface area contributed by atoms with Crippen molar-refractivity contribution in [2.45, 2.75) is 46.1 Å². The van der Waals surface area contributed by atoms with Gasteiger partial charge in [0.2, 0.25) is 5.91 Å². The molecular weight excluding hydrogens is 346 g/mol. The molecule has 0 unspecified atom stereocenters. The van der Waals surface area contributed by atoms with E-state index in [1.54, 1.807) is 11.2 Å². The van der Waals surface area contributed by atoms with E-state index in [4.69, 9.17) is 8.83 Å². The Morgan fingerprint density at radius 2 is 1.89 bits per heavy atom. The Morgan fingerprint density at radius 3 is 2.59 bits per heavy atom. The lowest BCUT2D eigenvalue weighted by molar-refractivity contribution is -0.132. The van der Waals surface area contributed by atoms with Crippen LogP contribution in [0, 0.1) is 20.8 Å². The minimum atomic E-state index is -0.479. The number of rotatable bonds is 2. The third kappa shape index (κ3) is 2.94. The molecule has 142 valence electrons. The zero-order valence-corrected chi connectivity index (χ0v) is 15.8. The predicted molar refractivity (Wildman–Crippen MR) is 102 cm³/mol. The molecule has 1 fully saturated rings. The maximum Gasteiger partial charge on any atom is 0.340 e. The van der Waals surface area contributed by atoms with E-state index in [1.165, 1.54) is 0 Å². The lowest BCUT2D eigenvalue weighted by Gasteiger charge is -2.29. The molecule has 4 rings (SSSR count). The number of benzene rings is 1. The highest BCUT2D eigenvalue weighted by molar-refractivity contribution is 6.07. The summed E-state index contributed by atoms with van der Waals surface area (Å²) in [5.41, 5.74) is 3.81. The number of carbonyl (C=O) groups excluding carboxylic acids is 1. The monoisotopic (exact) mass is 369 g/mol. The SMILES string of the molecule is Cc1coc2c1c(C)cc1oc(=O)c(CC(=O)N3CCC(O)CC3)c(C)c12. The Labute approximate surface area is 156 Å². The van der Waals surface area contributed by atoms with Crippen molar-refractivity contribution in [3.05, 3.63) is 45.0 Å². The first-order valence-corrected chi connectivity index (χ1v) is 9.26. The van der Waals surface area contributed by atoms with Gasteiger partial charge in [-0.05, 0) is 56.4 Å². The summed E-state index contributed by atoms with van der Waals surface area (Å²) in [6.45, 7) is 6.81. The Kier molecular flexibility index (Phi) is 4.30. The van der Waals surface area contributed by atoms with Gasteiger partial charge in [-0.25, -0.2) is 4.79 Å². The number of amides is 1. The van der Waals surface area contributed by atoms with Crippen LogP contribution in [0.3, 0.4) is 0 Å². The number of carbonyl (C=O) groups is 1. The summed E-state index contributed by atoms with van der Waals surface area (Å²) in [6.07, 6.45) is 2.49. The molecule has 1 aliphatic heterocycles. The van der Waals surface area contributed by atoms with Crippen LogP contribution in [0.5, 0.6) is 0 Å². The van der Waals surface area contributed by atoms with E-state index in [0.717, 1.165) is 27.5 Å². The Balaban J connectivity index is 1.79. The molecule has 1 amide bonds. The molecule has 0 radical (unpaired) electrons. The summed E-state index contributed by atoms with van der Waals surface area (Å²) < 4.78 is 11.3. The Morgan fingerprint density at radius 1 is 1.19 bits per heavy atom. The molecule has 0 atom stereocenters. The molecule has 3 heterocycles. The summed E-state index contributed by atoms with van der Waals surface area (Å²) in [7, 11) is 0. The van der Waals surface area contributed by atoms with E-state index in [1.807, 2.05) is 26.8 Å². The van der Waals surface area contributed by atoms with Crippen molar-refractivity contribution >= 4 is 27.8 Å². The highest BCUT2D eigenvalue weighted by Gasteiger charge is 2.24. The number of hydrogen-bond acceptors (Lipinski definition) is 5. The van der Waals surface area contributed by atoms with Gasteiger partial charge in [0.15, 0.2) is 0 Å². The summed E-state index contributed by atoms with van der Waals surface area (Å²) in [5, 5.41) is 11.4. The molecule has 2 aromatic heterocycles. The van der Waals surface area contributed by atoms with E-state index in [9.17, 15) is 14.7 Å². The van der Waals surface area contributed by atoms with Crippen LogP contribution in [-0.4, -0.2) is 35.1 Å². The Bertz CT molecular complexity index is 1100. The van der Waals surface area contributed by atoms with Gasteiger partial charge in [0.05, 0.1) is 29.7 Å². The van der Waals surface area contributed by atoms with Crippen molar-refractivity contribution in [2.24, 2.45) is 0 Å². The van der Waals surface area contributed by atoms with Crippen LogP contribution in [-0.2, 0) is 11.2 Å². The first kappa shape index (κ1) is 17.8. The molecule has 0 saturated carbocycles. The number of aliphatic hydroxyl groups is 1. The maximum atomic E-state index is 12.7. The molecule has 1 aliphatic rings. The van der Waals surface area contributed by atoms with Gasteiger partial charge in [-0.15, -0.1) is 0 Å². The average Bonchev–Trinajstić information content (AvgIpc) is 3.01. The lowest BCUT2D eigenvalue weighted by atomic mass is 9.98. The number of furan rings is 1. The van der Waals surface area contributed by atoms with Gasteiger partial charge in [-0.1, -0.05) is 0 Å². The van der Waals surface area contributed by atoms with Crippen LogP contribution in [0.1, 0.15) is 35.1 Å². The fourth-order valence-corrected chi connectivity index (χ4v) is 4.06. The number of aliphatic hydroxyl groups excluding tert-OH is 1. The zero-order chi connectivity index (χ0) is 19.3. The van der Waals surface area contributed by atoms with E-state index in [2.05, 4.69) is 0 Å².